The quantitative estimate of drug-likeness (QED) is 0.574. The molecule has 0 aliphatic rings. The van der Waals surface area contributed by atoms with Crippen molar-refractivity contribution in [1.29, 1.82) is 0 Å². The Kier molecular flexibility index (Phi) is 7.44. The highest BCUT2D eigenvalue weighted by Gasteiger charge is 2.10. The van der Waals surface area contributed by atoms with Crippen molar-refractivity contribution in [3.05, 3.63) is 77.5 Å². The molecule has 0 bridgehead atoms. The normalized spacial score (nSPS) is 10.8. The summed E-state index contributed by atoms with van der Waals surface area (Å²) in [6.45, 7) is 4.88. The molecule has 1 aromatic heterocycles. The Labute approximate surface area is 184 Å². The standard InChI is InChI=1S/C26H29N3O2/c1-19-21(11-8-12-24(19)22-9-6-5-7-10-22)13-14-23-15-16-25(26(28-23)31-4)29(3)18-17-27-20(2)30/h5-16H,17-18H2,1-4H3,(H,27,30). The minimum Gasteiger partial charge on any atom is -0.480 e. The molecule has 0 aliphatic heterocycles. The van der Waals surface area contributed by atoms with Gasteiger partial charge in [0.15, 0.2) is 0 Å². The van der Waals surface area contributed by atoms with Gasteiger partial charge in [-0.25, -0.2) is 4.98 Å². The summed E-state index contributed by atoms with van der Waals surface area (Å²) in [7, 11) is 3.57. The molecular formula is C26H29N3O2. The minimum atomic E-state index is -0.0365. The van der Waals surface area contributed by atoms with Crippen LogP contribution in [0.25, 0.3) is 23.3 Å². The topological polar surface area (TPSA) is 54.5 Å². The number of nitrogens with one attached hydrogen (secondary N) is 1. The lowest BCUT2D eigenvalue weighted by atomic mass is 9.96. The fraction of sp³-hybridized carbons (Fsp3) is 0.231. The summed E-state index contributed by atoms with van der Waals surface area (Å²) < 4.78 is 5.51. The number of anilines is 1. The number of likely N-dealkylation sites (N-methyl/N-ethyl adjacent to an activating group) is 1. The molecule has 0 radical (unpaired) electrons. The molecule has 2 aromatic carbocycles. The summed E-state index contributed by atoms with van der Waals surface area (Å²) >= 11 is 0. The van der Waals surface area contributed by atoms with Gasteiger partial charge in [0.05, 0.1) is 18.5 Å². The molecular weight excluding hydrogens is 386 g/mol. The number of nitrogens with zero attached hydrogens (tertiary/aromatic N) is 2. The Hall–Kier alpha value is -3.60. The van der Waals surface area contributed by atoms with Crippen molar-refractivity contribution in [3.63, 3.8) is 0 Å². The summed E-state index contributed by atoms with van der Waals surface area (Å²) in [5.41, 5.74) is 6.52. The van der Waals surface area contributed by atoms with Crippen LogP contribution in [0.5, 0.6) is 5.88 Å². The first-order valence-electron chi connectivity index (χ1n) is 10.3. The van der Waals surface area contributed by atoms with Crippen molar-refractivity contribution in [1.82, 2.24) is 10.3 Å². The van der Waals surface area contributed by atoms with Crippen LogP contribution < -0.4 is 15.0 Å². The summed E-state index contributed by atoms with van der Waals surface area (Å²) in [5, 5.41) is 2.80. The van der Waals surface area contributed by atoms with Crippen LogP contribution in [-0.4, -0.2) is 38.1 Å². The molecule has 5 heteroatoms. The van der Waals surface area contributed by atoms with Gasteiger partial charge in [0.25, 0.3) is 0 Å². The molecule has 3 aromatic rings. The molecule has 1 heterocycles. The van der Waals surface area contributed by atoms with E-state index in [0.717, 1.165) is 16.9 Å². The number of hydrogen-bond donors (Lipinski definition) is 1. The monoisotopic (exact) mass is 415 g/mol. The Balaban J connectivity index is 1.79. The summed E-state index contributed by atoms with van der Waals surface area (Å²) in [6.07, 6.45) is 4.09. The minimum absolute atomic E-state index is 0.0365. The molecule has 0 aliphatic carbocycles. The number of hydrogen-bond acceptors (Lipinski definition) is 4. The number of amides is 1. The van der Waals surface area contributed by atoms with Crippen LogP contribution in [0.1, 0.15) is 23.7 Å². The number of ether oxygens (including phenoxy) is 1. The lowest BCUT2D eigenvalue weighted by Gasteiger charge is -2.21. The van der Waals surface area contributed by atoms with Crippen molar-refractivity contribution < 1.29 is 9.53 Å². The van der Waals surface area contributed by atoms with E-state index in [9.17, 15) is 4.79 Å². The first-order chi connectivity index (χ1) is 15.0. The largest absolute Gasteiger partial charge is 0.480 e. The van der Waals surface area contributed by atoms with Crippen molar-refractivity contribution in [2.75, 3.05) is 32.1 Å². The highest BCUT2D eigenvalue weighted by Crippen LogP contribution is 2.28. The highest BCUT2D eigenvalue weighted by molar-refractivity contribution is 5.77. The predicted octanol–water partition coefficient (Wildman–Crippen LogP) is 4.81. The van der Waals surface area contributed by atoms with E-state index in [2.05, 4.69) is 65.8 Å². The molecule has 3 rings (SSSR count). The summed E-state index contributed by atoms with van der Waals surface area (Å²) in [4.78, 5) is 17.7. The maximum absolute atomic E-state index is 11.1. The van der Waals surface area contributed by atoms with Gasteiger partial charge in [-0.1, -0.05) is 54.6 Å². The molecule has 160 valence electrons. The highest BCUT2D eigenvalue weighted by atomic mass is 16.5. The smallest absolute Gasteiger partial charge is 0.237 e. The first kappa shape index (κ1) is 22.1. The van der Waals surface area contributed by atoms with Gasteiger partial charge in [0.1, 0.15) is 0 Å². The van der Waals surface area contributed by atoms with Gasteiger partial charge in [-0.05, 0) is 47.4 Å². The molecule has 0 saturated heterocycles. The Morgan fingerprint density at radius 3 is 2.55 bits per heavy atom. The van der Waals surface area contributed by atoms with E-state index in [1.54, 1.807) is 7.11 Å². The third-order valence-corrected chi connectivity index (χ3v) is 5.18. The summed E-state index contributed by atoms with van der Waals surface area (Å²) in [6, 6.07) is 20.7. The number of aromatic nitrogens is 1. The molecule has 0 spiro atoms. The molecule has 0 saturated carbocycles. The fourth-order valence-electron chi connectivity index (χ4n) is 3.44. The van der Waals surface area contributed by atoms with Gasteiger partial charge in [-0.2, -0.15) is 0 Å². The fourth-order valence-corrected chi connectivity index (χ4v) is 3.44. The average molecular weight is 416 g/mol. The van der Waals surface area contributed by atoms with Crippen molar-refractivity contribution in [2.45, 2.75) is 13.8 Å². The molecule has 0 fully saturated rings. The van der Waals surface area contributed by atoms with E-state index in [4.69, 9.17) is 4.74 Å². The lowest BCUT2D eigenvalue weighted by molar-refractivity contribution is -0.118. The van der Waals surface area contributed by atoms with Crippen LogP contribution in [0.3, 0.4) is 0 Å². The van der Waals surface area contributed by atoms with Gasteiger partial charge in [-0.15, -0.1) is 0 Å². The second-order valence-corrected chi connectivity index (χ2v) is 7.39. The average Bonchev–Trinajstić information content (AvgIpc) is 2.78. The van der Waals surface area contributed by atoms with E-state index in [1.807, 2.05) is 36.2 Å². The van der Waals surface area contributed by atoms with E-state index < -0.39 is 0 Å². The zero-order valence-corrected chi connectivity index (χ0v) is 18.6. The van der Waals surface area contributed by atoms with Crippen LogP contribution in [0.2, 0.25) is 0 Å². The van der Waals surface area contributed by atoms with Crippen LogP contribution >= 0.6 is 0 Å². The number of rotatable bonds is 8. The third-order valence-electron chi connectivity index (χ3n) is 5.18. The number of carbonyl (C=O) groups is 1. The first-order valence-corrected chi connectivity index (χ1v) is 10.3. The number of benzene rings is 2. The van der Waals surface area contributed by atoms with Crippen LogP contribution in [-0.2, 0) is 4.79 Å². The zero-order valence-electron chi connectivity index (χ0n) is 18.6. The molecule has 0 atom stereocenters. The van der Waals surface area contributed by atoms with Gasteiger partial charge in [0, 0.05) is 27.1 Å². The Morgan fingerprint density at radius 1 is 1.06 bits per heavy atom. The van der Waals surface area contributed by atoms with E-state index >= 15 is 0 Å². The Morgan fingerprint density at radius 2 is 1.84 bits per heavy atom. The van der Waals surface area contributed by atoms with E-state index in [-0.39, 0.29) is 5.91 Å². The molecule has 1 amide bonds. The zero-order chi connectivity index (χ0) is 22.2. The maximum atomic E-state index is 11.1. The van der Waals surface area contributed by atoms with Gasteiger partial charge in [0.2, 0.25) is 11.8 Å². The van der Waals surface area contributed by atoms with Crippen LogP contribution in [0, 0.1) is 6.92 Å². The molecule has 1 N–H and O–H groups in total. The van der Waals surface area contributed by atoms with Gasteiger partial charge in [-0.3, -0.25) is 4.79 Å². The van der Waals surface area contributed by atoms with E-state index in [1.165, 1.54) is 23.6 Å². The van der Waals surface area contributed by atoms with Gasteiger partial charge >= 0.3 is 0 Å². The molecule has 5 nitrogen and oxygen atoms in total. The Bertz CT molecular complexity index is 1060. The lowest BCUT2D eigenvalue weighted by Crippen LogP contribution is -2.31. The summed E-state index contributed by atoms with van der Waals surface area (Å²) in [5.74, 6) is 0.521. The number of pyridine rings is 1. The van der Waals surface area contributed by atoms with E-state index in [0.29, 0.717) is 19.0 Å². The predicted molar refractivity (Wildman–Crippen MR) is 128 cm³/mol. The van der Waals surface area contributed by atoms with Gasteiger partial charge < -0.3 is 15.0 Å². The number of carbonyl (C=O) groups excluding carboxylic acids is 1. The second kappa shape index (κ2) is 10.4. The SMILES string of the molecule is COc1nc(C=Cc2cccc(-c3ccccc3)c2C)ccc1N(C)CCNC(C)=O. The van der Waals surface area contributed by atoms with Crippen molar-refractivity contribution in [2.24, 2.45) is 0 Å². The third kappa shape index (κ3) is 5.72. The number of methoxy groups -OCH3 is 1. The van der Waals surface area contributed by atoms with Crippen LogP contribution in [0.4, 0.5) is 5.69 Å². The van der Waals surface area contributed by atoms with Crippen LogP contribution in [0.15, 0.2) is 60.7 Å². The van der Waals surface area contributed by atoms with Crippen molar-refractivity contribution in [3.8, 4) is 17.0 Å². The second-order valence-electron chi connectivity index (χ2n) is 7.39. The van der Waals surface area contributed by atoms with Crippen molar-refractivity contribution >= 4 is 23.7 Å². The molecule has 0 unspecified atom stereocenters. The maximum Gasteiger partial charge on any atom is 0.237 e. The molecule has 31 heavy (non-hydrogen) atoms.